The van der Waals surface area contributed by atoms with Gasteiger partial charge in [0.2, 0.25) is 0 Å². The quantitative estimate of drug-likeness (QED) is 0.797. The predicted octanol–water partition coefficient (Wildman–Crippen LogP) is 4.06. The third kappa shape index (κ3) is 2.03. The van der Waals surface area contributed by atoms with E-state index in [0.717, 1.165) is 16.8 Å². The Morgan fingerprint density at radius 1 is 1.35 bits per heavy atom. The van der Waals surface area contributed by atoms with E-state index in [2.05, 4.69) is 21.2 Å². The van der Waals surface area contributed by atoms with Crippen LogP contribution >= 0.6 is 27.5 Å². The van der Waals surface area contributed by atoms with Gasteiger partial charge < -0.3 is 11.1 Å². The zero-order chi connectivity index (χ0) is 14.3. The van der Waals surface area contributed by atoms with Crippen molar-refractivity contribution in [1.29, 1.82) is 0 Å². The van der Waals surface area contributed by atoms with Gasteiger partial charge in [0.25, 0.3) is 0 Å². The SMILES string of the molecule is NC[C@@]1(c2ccccc2)Cc2c(cc(F)c(Cl)c2Br)N1. The van der Waals surface area contributed by atoms with Crippen molar-refractivity contribution < 1.29 is 4.39 Å². The molecule has 2 nitrogen and oxygen atoms in total. The Morgan fingerprint density at radius 2 is 2.05 bits per heavy atom. The van der Waals surface area contributed by atoms with E-state index in [9.17, 15) is 4.39 Å². The van der Waals surface area contributed by atoms with Crippen LogP contribution in [0.1, 0.15) is 11.1 Å². The molecule has 0 saturated heterocycles. The molecule has 0 amide bonds. The summed E-state index contributed by atoms with van der Waals surface area (Å²) < 4.78 is 14.4. The highest BCUT2D eigenvalue weighted by atomic mass is 79.9. The third-order valence-electron chi connectivity index (χ3n) is 3.79. The van der Waals surface area contributed by atoms with E-state index in [-0.39, 0.29) is 5.02 Å². The number of hydrogen-bond acceptors (Lipinski definition) is 2. The first-order valence-electron chi connectivity index (χ1n) is 6.27. The van der Waals surface area contributed by atoms with Crippen molar-refractivity contribution in [3.63, 3.8) is 0 Å². The molecule has 3 N–H and O–H groups in total. The van der Waals surface area contributed by atoms with Crippen LogP contribution < -0.4 is 11.1 Å². The van der Waals surface area contributed by atoms with E-state index in [1.807, 2.05) is 30.3 Å². The molecule has 0 bridgehead atoms. The maximum atomic E-state index is 13.8. The van der Waals surface area contributed by atoms with Crippen LogP contribution in [-0.2, 0) is 12.0 Å². The summed E-state index contributed by atoms with van der Waals surface area (Å²) in [5, 5.41) is 3.49. The van der Waals surface area contributed by atoms with Crippen LogP contribution in [0.2, 0.25) is 5.02 Å². The van der Waals surface area contributed by atoms with Gasteiger partial charge in [-0.05, 0) is 33.1 Å². The molecule has 1 atom stereocenters. The summed E-state index contributed by atoms with van der Waals surface area (Å²) in [6, 6.07) is 11.4. The Bertz CT molecular complexity index is 663. The monoisotopic (exact) mass is 354 g/mol. The fourth-order valence-electron chi connectivity index (χ4n) is 2.69. The molecular formula is C15H13BrClFN2. The first-order chi connectivity index (χ1) is 9.57. The molecule has 0 spiro atoms. The second-order valence-corrected chi connectivity index (χ2v) is 6.14. The number of benzene rings is 2. The van der Waals surface area contributed by atoms with Crippen LogP contribution in [0.15, 0.2) is 40.9 Å². The lowest BCUT2D eigenvalue weighted by atomic mass is 9.87. The van der Waals surface area contributed by atoms with E-state index < -0.39 is 11.4 Å². The van der Waals surface area contributed by atoms with Gasteiger partial charge >= 0.3 is 0 Å². The Balaban J connectivity index is 2.10. The van der Waals surface area contributed by atoms with E-state index in [1.54, 1.807) is 0 Å². The number of nitrogens with two attached hydrogens (primary N) is 1. The molecule has 104 valence electrons. The average molecular weight is 356 g/mol. The van der Waals surface area contributed by atoms with Gasteiger partial charge in [-0.15, -0.1) is 0 Å². The van der Waals surface area contributed by atoms with Crippen LogP contribution in [0.3, 0.4) is 0 Å². The van der Waals surface area contributed by atoms with Gasteiger partial charge in [0, 0.05) is 23.1 Å². The van der Waals surface area contributed by atoms with Crippen molar-refractivity contribution in [2.75, 3.05) is 11.9 Å². The van der Waals surface area contributed by atoms with Crippen LogP contribution in [0, 0.1) is 5.82 Å². The van der Waals surface area contributed by atoms with Crippen molar-refractivity contribution in [3.05, 3.63) is 62.8 Å². The van der Waals surface area contributed by atoms with Crippen molar-refractivity contribution in [2.24, 2.45) is 5.73 Å². The molecule has 2 aromatic carbocycles. The smallest absolute Gasteiger partial charge is 0.145 e. The van der Waals surface area contributed by atoms with Crippen LogP contribution in [0.4, 0.5) is 10.1 Å². The van der Waals surface area contributed by atoms with E-state index in [0.29, 0.717) is 17.4 Å². The molecule has 0 radical (unpaired) electrons. The lowest BCUT2D eigenvalue weighted by Gasteiger charge is -2.29. The average Bonchev–Trinajstić information content (AvgIpc) is 2.86. The zero-order valence-corrected chi connectivity index (χ0v) is 12.9. The Kier molecular flexibility index (Phi) is 3.48. The highest BCUT2D eigenvalue weighted by Gasteiger charge is 2.39. The van der Waals surface area contributed by atoms with E-state index in [1.165, 1.54) is 6.07 Å². The van der Waals surface area contributed by atoms with Crippen molar-refractivity contribution in [3.8, 4) is 0 Å². The Hall–Kier alpha value is -1.10. The summed E-state index contributed by atoms with van der Waals surface area (Å²) in [7, 11) is 0. The lowest BCUT2D eigenvalue weighted by molar-refractivity contribution is 0.522. The second-order valence-electron chi connectivity index (χ2n) is 4.97. The van der Waals surface area contributed by atoms with Gasteiger partial charge in [0.1, 0.15) is 5.82 Å². The Labute approximate surface area is 130 Å². The lowest BCUT2D eigenvalue weighted by Crippen LogP contribution is -2.41. The van der Waals surface area contributed by atoms with Crippen LogP contribution in [-0.4, -0.2) is 6.54 Å². The maximum Gasteiger partial charge on any atom is 0.145 e. The van der Waals surface area contributed by atoms with Gasteiger partial charge in [0.05, 0.1) is 10.6 Å². The van der Waals surface area contributed by atoms with Crippen LogP contribution in [0.25, 0.3) is 0 Å². The minimum absolute atomic E-state index is 0.117. The number of halogens is 3. The molecule has 1 heterocycles. The fourth-order valence-corrected chi connectivity index (χ4v) is 3.41. The number of rotatable bonds is 2. The normalized spacial score (nSPS) is 20.6. The molecular weight excluding hydrogens is 343 g/mol. The summed E-state index contributed by atoms with van der Waals surface area (Å²) >= 11 is 9.35. The first kappa shape index (κ1) is 13.9. The van der Waals surface area contributed by atoms with Crippen molar-refractivity contribution >= 4 is 33.2 Å². The highest BCUT2D eigenvalue weighted by molar-refractivity contribution is 9.10. The first-order valence-corrected chi connectivity index (χ1v) is 7.44. The standard InChI is InChI=1S/C15H13BrClFN2/c16-13-10-7-15(8-19,9-4-2-1-3-5-9)20-12(10)6-11(18)14(13)17/h1-6,20H,7-8,19H2/t15-/m1/s1. The summed E-state index contributed by atoms with van der Waals surface area (Å²) in [6.45, 7) is 0.414. The molecule has 3 rings (SSSR count). The summed E-state index contributed by atoms with van der Waals surface area (Å²) in [5.74, 6) is -0.439. The van der Waals surface area contributed by atoms with Gasteiger partial charge in [-0.3, -0.25) is 0 Å². The molecule has 5 heteroatoms. The summed E-state index contributed by atoms with van der Waals surface area (Å²) in [6.07, 6.45) is 0.670. The van der Waals surface area contributed by atoms with Gasteiger partial charge in [-0.25, -0.2) is 4.39 Å². The minimum atomic E-state index is -0.439. The third-order valence-corrected chi connectivity index (χ3v) is 5.26. The van der Waals surface area contributed by atoms with Gasteiger partial charge in [-0.1, -0.05) is 41.9 Å². The second kappa shape index (κ2) is 5.02. The van der Waals surface area contributed by atoms with Crippen LogP contribution in [0.5, 0.6) is 0 Å². The molecule has 0 unspecified atom stereocenters. The zero-order valence-electron chi connectivity index (χ0n) is 10.6. The number of nitrogens with one attached hydrogen (secondary N) is 1. The number of anilines is 1. The number of fused-ring (bicyclic) bond motifs is 1. The summed E-state index contributed by atoms with van der Waals surface area (Å²) in [5.41, 5.74) is 8.38. The molecule has 0 saturated carbocycles. The highest BCUT2D eigenvalue weighted by Crippen LogP contribution is 2.45. The minimum Gasteiger partial charge on any atom is -0.374 e. The van der Waals surface area contributed by atoms with E-state index in [4.69, 9.17) is 17.3 Å². The molecule has 0 aliphatic carbocycles. The molecule has 2 aromatic rings. The molecule has 1 aliphatic rings. The predicted molar refractivity (Wildman–Crippen MR) is 83.6 cm³/mol. The molecule has 20 heavy (non-hydrogen) atoms. The molecule has 0 fully saturated rings. The van der Waals surface area contributed by atoms with E-state index >= 15 is 0 Å². The topological polar surface area (TPSA) is 38.0 Å². The van der Waals surface area contributed by atoms with Crippen molar-refractivity contribution in [2.45, 2.75) is 12.0 Å². The summed E-state index contributed by atoms with van der Waals surface area (Å²) in [4.78, 5) is 0. The molecule has 1 aliphatic heterocycles. The molecule has 0 aromatic heterocycles. The van der Waals surface area contributed by atoms with Gasteiger partial charge in [0.15, 0.2) is 0 Å². The number of hydrogen-bond donors (Lipinski definition) is 2. The largest absolute Gasteiger partial charge is 0.374 e. The van der Waals surface area contributed by atoms with Gasteiger partial charge in [-0.2, -0.15) is 0 Å². The fraction of sp³-hybridized carbons (Fsp3) is 0.200. The Morgan fingerprint density at radius 3 is 2.70 bits per heavy atom. The van der Waals surface area contributed by atoms with Crippen molar-refractivity contribution in [1.82, 2.24) is 0 Å². The maximum absolute atomic E-state index is 13.8.